The molecule has 0 aromatic heterocycles. The molecule has 3 nitrogen and oxygen atoms in total. The lowest BCUT2D eigenvalue weighted by Crippen LogP contribution is -2.32. The Balaban J connectivity index is 1.86. The Morgan fingerprint density at radius 3 is 3.06 bits per heavy atom. The van der Waals surface area contributed by atoms with E-state index in [1.54, 1.807) is 0 Å². The van der Waals surface area contributed by atoms with Crippen molar-refractivity contribution in [3.05, 3.63) is 29.8 Å². The first kappa shape index (κ1) is 12.0. The summed E-state index contributed by atoms with van der Waals surface area (Å²) in [6, 6.07) is 9.11. The van der Waals surface area contributed by atoms with Crippen molar-refractivity contribution in [3.8, 4) is 5.75 Å². The molecular formula is C15H22N2O. The van der Waals surface area contributed by atoms with Crippen molar-refractivity contribution >= 4 is 0 Å². The lowest BCUT2D eigenvalue weighted by Gasteiger charge is -2.30. The van der Waals surface area contributed by atoms with Gasteiger partial charge in [0.25, 0.3) is 0 Å². The highest BCUT2D eigenvalue weighted by Crippen LogP contribution is 2.35. The Kier molecular flexibility index (Phi) is 3.81. The van der Waals surface area contributed by atoms with E-state index < -0.39 is 0 Å². The average molecular weight is 246 g/mol. The molecule has 3 rings (SSSR count). The minimum absolute atomic E-state index is 0.545. The number of nitrogens with one attached hydrogen (secondary N) is 1. The molecule has 0 aliphatic carbocycles. The van der Waals surface area contributed by atoms with Crippen molar-refractivity contribution in [3.63, 3.8) is 0 Å². The molecule has 1 saturated heterocycles. The first-order valence-electron chi connectivity index (χ1n) is 7.11. The van der Waals surface area contributed by atoms with Gasteiger partial charge in [0.05, 0.1) is 6.61 Å². The van der Waals surface area contributed by atoms with Gasteiger partial charge >= 0.3 is 0 Å². The number of hydrogen-bond acceptors (Lipinski definition) is 3. The van der Waals surface area contributed by atoms with Crippen molar-refractivity contribution in [1.29, 1.82) is 0 Å². The SMILES string of the molecule is c1ccc2c(c1)OCCCC2N1CCCNCC1. The molecule has 2 heterocycles. The van der Waals surface area contributed by atoms with Crippen molar-refractivity contribution in [1.82, 2.24) is 10.2 Å². The molecule has 1 atom stereocenters. The third kappa shape index (κ3) is 2.52. The smallest absolute Gasteiger partial charge is 0.124 e. The molecule has 18 heavy (non-hydrogen) atoms. The predicted octanol–water partition coefficient (Wildman–Crippen LogP) is 2.20. The minimum Gasteiger partial charge on any atom is -0.493 e. The quantitative estimate of drug-likeness (QED) is 0.822. The van der Waals surface area contributed by atoms with Gasteiger partial charge in [0.15, 0.2) is 0 Å². The lowest BCUT2D eigenvalue weighted by atomic mass is 10.00. The molecule has 0 spiro atoms. The van der Waals surface area contributed by atoms with E-state index in [2.05, 4.69) is 34.5 Å². The molecule has 1 unspecified atom stereocenters. The largest absolute Gasteiger partial charge is 0.493 e. The molecule has 0 radical (unpaired) electrons. The molecule has 0 bridgehead atoms. The van der Waals surface area contributed by atoms with Gasteiger partial charge in [0, 0.05) is 31.2 Å². The number of para-hydroxylation sites is 1. The fraction of sp³-hybridized carbons (Fsp3) is 0.600. The summed E-state index contributed by atoms with van der Waals surface area (Å²) >= 11 is 0. The van der Waals surface area contributed by atoms with E-state index in [4.69, 9.17) is 4.74 Å². The standard InChI is InChI=1S/C15H22N2O/c1-2-7-15-13(5-1)14(6-3-12-18-15)17-10-4-8-16-9-11-17/h1-2,5,7,14,16H,3-4,6,8-12H2. The number of ether oxygens (including phenoxy) is 1. The molecule has 0 amide bonds. The molecule has 0 saturated carbocycles. The second kappa shape index (κ2) is 5.72. The van der Waals surface area contributed by atoms with Crippen LogP contribution < -0.4 is 10.1 Å². The zero-order valence-corrected chi connectivity index (χ0v) is 10.9. The monoisotopic (exact) mass is 246 g/mol. The van der Waals surface area contributed by atoms with Crippen LogP contribution in [0.1, 0.15) is 30.9 Å². The van der Waals surface area contributed by atoms with Gasteiger partial charge in [0.2, 0.25) is 0 Å². The average Bonchev–Trinajstić information content (AvgIpc) is 2.79. The number of fused-ring (bicyclic) bond motifs is 1. The van der Waals surface area contributed by atoms with E-state index in [1.807, 2.05) is 0 Å². The van der Waals surface area contributed by atoms with Crippen LogP contribution in [0.25, 0.3) is 0 Å². The van der Waals surface area contributed by atoms with Gasteiger partial charge < -0.3 is 10.1 Å². The van der Waals surface area contributed by atoms with Gasteiger partial charge in [-0.3, -0.25) is 4.90 Å². The third-order valence-electron chi connectivity index (χ3n) is 3.97. The maximum absolute atomic E-state index is 5.86. The number of rotatable bonds is 1. The summed E-state index contributed by atoms with van der Waals surface area (Å²) in [7, 11) is 0. The highest BCUT2D eigenvalue weighted by molar-refractivity contribution is 5.36. The highest BCUT2D eigenvalue weighted by atomic mass is 16.5. The first-order chi connectivity index (χ1) is 8.95. The van der Waals surface area contributed by atoms with Gasteiger partial charge in [0.1, 0.15) is 5.75 Å². The normalized spacial score (nSPS) is 25.7. The number of hydrogen-bond donors (Lipinski definition) is 1. The maximum atomic E-state index is 5.86. The van der Waals surface area contributed by atoms with Crippen LogP contribution in [0.4, 0.5) is 0 Å². The summed E-state index contributed by atoms with van der Waals surface area (Å²) in [4.78, 5) is 2.63. The predicted molar refractivity (Wildman–Crippen MR) is 73.0 cm³/mol. The van der Waals surface area contributed by atoms with Crippen LogP contribution in [0.2, 0.25) is 0 Å². The van der Waals surface area contributed by atoms with Gasteiger partial charge in [-0.25, -0.2) is 0 Å². The molecule has 1 fully saturated rings. The first-order valence-corrected chi connectivity index (χ1v) is 7.11. The van der Waals surface area contributed by atoms with Crippen molar-refractivity contribution < 1.29 is 4.74 Å². The molecule has 2 aliphatic rings. The highest BCUT2D eigenvalue weighted by Gasteiger charge is 2.25. The Morgan fingerprint density at radius 2 is 2.06 bits per heavy atom. The van der Waals surface area contributed by atoms with E-state index in [0.29, 0.717) is 6.04 Å². The van der Waals surface area contributed by atoms with Crippen molar-refractivity contribution in [2.75, 3.05) is 32.8 Å². The summed E-state index contributed by atoms with van der Waals surface area (Å²) in [5.74, 6) is 1.09. The molecule has 1 aromatic rings. The van der Waals surface area contributed by atoms with E-state index in [1.165, 1.54) is 24.9 Å². The number of nitrogens with zero attached hydrogens (tertiary/aromatic N) is 1. The van der Waals surface area contributed by atoms with Crippen molar-refractivity contribution in [2.24, 2.45) is 0 Å². The third-order valence-corrected chi connectivity index (χ3v) is 3.97. The van der Waals surface area contributed by atoms with Crippen LogP contribution in [-0.2, 0) is 0 Å². The molecular weight excluding hydrogens is 224 g/mol. The Morgan fingerprint density at radius 1 is 1.11 bits per heavy atom. The van der Waals surface area contributed by atoms with Crippen molar-refractivity contribution in [2.45, 2.75) is 25.3 Å². The summed E-state index contributed by atoms with van der Waals surface area (Å²) in [6.07, 6.45) is 3.62. The molecule has 1 aromatic carbocycles. The second-order valence-electron chi connectivity index (χ2n) is 5.18. The lowest BCUT2D eigenvalue weighted by molar-refractivity contribution is 0.199. The zero-order chi connectivity index (χ0) is 12.2. The summed E-state index contributed by atoms with van der Waals surface area (Å²) in [5, 5.41) is 3.48. The molecule has 3 heteroatoms. The zero-order valence-electron chi connectivity index (χ0n) is 10.9. The topological polar surface area (TPSA) is 24.5 Å². The summed E-state index contributed by atoms with van der Waals surface area (Å²) < 4.78 is 5.86. The van der Waals surface area contributed by atoms with Crippen LogP contribution in [0, 0.1) is 0 Å². The summed E-state index contributed by atoms with van der Waals surface area (Å²) in [5.41, 5.74) is 1.39. The Labute approximate surface area is 109 Å². The van der Waals surface area contributed by atoms with Crippen LogP contribution >= 0.6 is 0 Å². The fourth-order valence-electron chi connectivity index (χ4n) is 3.06. The molecule has 98 valence electrons. The summed E-state index contributed by atoms with van der Waals surface area (Å²) in [6.45, 7) is 5.48. The van der Waals surface area contributed by atoms with Gasteiger partial charge in [-0.15, -0.1) is 0 Å². The van der Waals surface area contributed by atoms with Gasteiger partial charge in [-0.1, -0.05) is 18.2 Å². The van der Waals surface area contributed by atoms with Gasteiger partial charge in [-0.2, -0.15) is 0 Å². The van der Waals surface area contributed by atoms with Crippen LogP contribution in [-0.4, -0.2) is 37.7 Å². The van der Waals surface area contributed by atoms with E-state index in [9.17, 15) is 0 Å². The Bertz CT molecular complexity index is 386. The van der Waals surface area contributed by atoms with Crippen LogP contribution in [0.5, 0.6) is 5.75 Å². The minimum atomic E-state index is 0.545. The van der Waals surface area contributed by atoms with E-state index in [0.717, 1.165) is 38.4 Å². The molecule has 1 N–H and O–H groups in total. The fourth-order valence-corrected chi connectivity index (χ4v) is 3.06. The second-order valence-corrected chi connectivity index (χ2v) is 5.18. The van der Waals surface area contributed by atoms with Crippen LogP contribution in [0.3, 0.4) is 0 Å². The maximum Gasteiger partial charge on any atom is 0.124 e. The van der Waals surface area contributed by atoms with E-state index in [-0.39, 0.29) is 0 Å². The van der Waals surface area contributed by atoms with E-state index >= 15 is 0 Å². The van der Waals surface area contributed by atoms with Gasteiger partial charge in [-0.05, 0) is 31.9 Å². The number of benzene rings is 1. The molecule has 2 aliphatic heterocycles. The van der Waals surface area contributed by atoms with Crippen LogP contribution in [0.15, 0.2) is 24.3 Å². The Hall–Kier alpha value is -1.06.